The van der Waals surface area contributed by atoms with Crippen molar-refractivity contribution in [2.45, 2.75) is 13.8 Å². The lowest BCUT2D eigenvalue weighted by Gasteiger charge is -2.25. The molecule has 1 rings (SSSR count). The van der Waals surface area contributed by atoms with Crippen LogP contribution in [-0.4, -0.2) is 60.9 Å². The van der Waals surface area contributed by atoms with E-state index in [9.17, 15) is 9.59 Å². The first-order valence-electron chi connectivity index (χ1n) is 5.50. The third-order valence-corrected chi connectivity index (χ3v) is 2.02. The molecule has 8 heteroatoms. The van der Waals surface area contributed by atoms with E-state index in [0.717, 1.165) is 0 Å². The number of hydrazone groups is 2. The number of likely N-dealkylation sites (N-methyl/N-ethyl adjacent to an activating group) is 2. The second kappa shape index (κ2) is 5.99. The number of esters is 2. The Labute approximate surface area is 105 Å². The van der Waals surface area contributed by atoms with Gasteiger partial charge in [-0.05, 0) is 13.8 Å². The lowest BCUT2D eigenvalue weighted by molar-refractivity contribution is -0.137. The highest BCUT2D eigenvalue weighted by Gasteiger charge is 2.29. The summed E-state index contributed by atoms with van der Waals surface area (Å²) in [4.78, 5) is 23.1. The molecule has 0 atom stereocenters. The molecule has 0 aromatic heterocycles. The Morgan fingerprint density at radius 1 is 0.944 bits per heavy atom. The van der Waals surface area contributed by atoms with E-state index in [1.807, 2.05) is 0 Å². The van der Waals surface area contributed by atoms with Gasteiger partial charge in [-0.1, -0.05) is 0 Å². The molecule has 0 bridgehead atoms. The number of ether oxygens (including phenoxy) is 2. The Bertz CT molecular complexity index is 367. The van der Waals surface area contributed by atoms with Gasteiger partial charge >= 0.3 is 11.9 Å². The molecule has 1 aliphatic heterocycles. The minimum absolute atomic E-state index is 0.00685. The van der Waals surface area contributed by atoms with Crippen molar-refractivity contribution < 1.29 is 19.1 Å². The van der Waals surface area contributed by atoms with Gasteiger partial charge in [-0.3, -0.25) is 0 Å². The number of hydrogen-bond acceptors (Lipinski definition) is 8. The van der Waals surface area contributed by atoms with Gasteiger partial charge in [0.1, 0.15) is 0 Å². The molecular weight excluding hydrogens is 240 g/mol. The van der Waals surface area contributed by atoms with E-state index in [1.165, 1.54) is 24.1 Å². The van der Waals surface area contributed by atoms with Crippen molar-refractivity contribution in [1.82, 2.24) is 10.0 Å². The van der Waals surface area contributed by atoms with Gasteiger partial charge in [-0.2, -0.15) is 0 Å². The Morgan fingerprint density at radius 3 is 1.56 bits per heavy atom. The molecule has 0 aromatic rings. The predicted octanol–water partition coefficient (Wildman–Crippen LogP) is -0.383. The van der Waals surface area contributed by atoms with Crippen LogP contribution in [0.25, 0.3) is 0 Å². The first-order valence-corrected chi connectivity index (χ1v) is 5.50. The summed E-state index contributed by atoms with van der Waals surface area (Å²) in [6.45, 7) is 3.87. The predicted molar refractivity (Wildman–Crippen MR) is 63.7 cm³/mol. The lowest BCUT2D eigenvalue weighted by atomic mass is 10.5. The average Bonchev–Trinajstić information content (AvgIpc) is 2.32. The Kier molecular flexibility index (Phi) is 4.64. The van der Waals surface area contributed by atoms with E-state index >= 15 is 0 Å². The highest BCUT2D eigenvalue weighted by Crippen LogP contribution is 2.06. The second-order valence-corrected chi connectivity index (χ2v) is 3.34. The fourth-order valence-corrected chi connectivity index (χ4v) is 1.25. The van der Waals surface area contributed by atoms with E-state index in [4.69, 9.17) is 9.47 Å². The third-order valence-electron chi connectivity index (χ3n) is 2.02. The van der Waals surface area contributed by atoms with E-state index in [0.29, 0.717) is 0 Å². The van der Waals surface area contributed by atoms with Crippen LogP contribution in [0, 0.1) is 0 Å². The Morgan fingerprint density at radius 2 is 1.28 bits per heavy atom. The number of amidine groups is 2. The van der Waals surface area contributed by atoms with E-state index in [1.54, 1.807) is 13.8 Å². The molecule has 18 heavy (non-hydrogen) atoms. The Balaban J connectivity index is 2.86. The lowest BCUT2D eigenvalue weighted by Crippen LogP contribution is -2.44. The van der Waals surface area contributed by atoms with Crippen LogP contribution in [0.2, 0.25) is 0 Å². The van der Waals surface area contributed by atoms with Crippen LogP contribution in [0.4, 0.5) is 0 Å². The monoisotopic (exact) mass is 256 g/mol. The van der Waals surface area contributed by atoms with Gasteiger partial charge < -0.3 is 9.47 Å². The summed E-state index contributed by atoms with van der Waals surface area (Å²) in [5.41, 5.74) is 0. The fourth-order valence-electron chi connectivity index (χ4n) is 1.25. The van der Waals surface area contributed by atoms with Gasteiger partial charge in [-0.25, -0.2) is 19.6 Å². The first kappa shape index (κ1) is 13.9. The summed E-state index contributed by atoms with van der Waals surface area (Å²) in [6, 6.07) is 0. The summed E-state index contributed by atoms with van der Waals surface area (Å²) in [5.74, 6) is -1.18. The summed E-state index contributed by atoms with van der Waals surface area (Å²) >= 11 is 0. The van der Waals surface area contributed by atoms with Gasteiger partial charge in [-0.15, -0.1) is 10.2 Å². The highest BCUT2D eigenvalue weighted by atomic mass is 16.5. The summed E-state index contributed by atoms with van der Waals surface area (Å²) in [6.07, 6.45) is 0. The summed E-state index contributed by atoms with van der Waals surface area (Å²) in [7, 11) is 3.00. The highest BCUT2D eigenvalue weighted by molar-refractivity contribution is 6.39. The van der Waals surface area contributed by atoms with Crippen molar-refractivity contribution in [2.75, 3.05) is 27.3 Å². The smallest absolute Gasteiger partial charge is 0.377 e. The van der Waals surface area contributed by atoms with Crippen LogP contribution in [0.5, 0.6) is 0 Å². The molecule has 0 saturated heterocycles. The Hall–Kier alpha value is -2.12. The molecule has 0 radical (unpaired) electrons. The molecule has 100 valence electrons. The van der Waals surface area contributed by atoms with Crippen molar-refractivity contribution >= 4 is 23.6 Å². The van der Waals surface area contributed by atoms with Crippen molar-refractivity contribution in [3.8, 4) is 0 Å². The minimum atomic E-state index is -0.599. The van der Waals surface area contributed by atoms with Gasteiger partial charge in [0.2, 0.25) is 0 Å². The molecule has 0 spiro atoms. The molecule has 0 fully saturated rings. The fraction of sp³-hybridized carbons (Fsp3) is 0.600. The zero-order chi connectivity index (χ0) is 13.7. The molecule has 0 aliphatic carbocycles. The molecule has 8 nitrogen and oxygen atoms in total. The van der Waals surface area contributed by atoms with Crippen LogP contribution in [0.1, 0.15) is 13.8 Å². The maximum Gasteiger partial charge on any atom is 0.377 e. The molecule has 0 unspecified atom stereocenters. The number of carbonyl (C=O) groups excluding carboxylic acids is 2. The standard InChI is InChI=1S/C10H16N4O4/c1-5-17-9(15)7-11-14(4)8(12-13(7)3)10(16)18-6-2/h5-6H2,1-4H3. The molecular formula is C10H16N4O4. The van der Waals surface area contributed by atoms with Gasteiger partial charge in [0.25, 0.3) is 11.7 Å². The van der Waals surface area contributed by atoms with Gasteiger partial charge in [0.05, 0.1) is 13.2 Å². The maximum atomic E-state index is 11.5. The average molecular weight is 256 g/mol. The normalized spacial score (nSPS) is 14.9. The molecule has 0 amide bonds. The molecule has 0 saturated carbocycles. The van der Waals surface area contributed by atoms with Crippen molar-refractivity contribution in [3.63, 3.8) is 0 Å². The van der Waals surface area contributed by atoms with Crippen LogP contribution >= 0.6 is 0 Å². The summed E-state index contributed by atoms with van der Waals surface area (Å²) in [5, 5.41) is 10.2. The minimum Gasteiger partial charge on any atom is -0.460 e. The zero-order valence-corrected chi connectivity index (χ0v) is 10.8. The molecule has 0 aromatic carbocycles. The number of rotatable bonds is 4. The third kappa shape index (κ3) is 2.96. The maximum absolute atomic E-state index is 11.5. The summed E-state index contributed by atoms with van der Waals surface area (Å²) < 4.78 is 9.64. The largest absolute Gasteiger partial charge is 0.460 e. The molecule has 1 heterocycles. The zero-order valence-electron chi connectivity index (χ0n) is 10.8. The quantitative estimate of drug-likeness (QED) is 0.637. The van der Waals surface area contributed by atoms with Crippen LogP contribution < -0.4 is 0 Å². The van der Waals surface area contributed by atoms with Crippen LogP contribution in [0.3, 0.4) is 0 Å². The van der Waals surface area contributed by atoms with Crippen molar-refractivity contribution in [2.24, 2.45) is 10.2 Å². The van der Waals surface area contributed by atoms with Gasteiger partial charge in [0.15, 0.2) is 0 Å². The number of hydrogen-bond donors (Lipinski definition) is 0. The van der Waals surface area contributed by atoms with Gasteiger partial charge in [0, 0.05) is 14.1 Å². The molecule has 1 aliphatic rings. The van der Waals surface area contributed by atoms with Crippen molar-refractivity contribution in [1.29, 1.82) is 0 Å². The van der Waals surface area contributed by atoms with E-state index in [-0.39, 0.29) is 24.9 Å². The van der Waals surface area contributed by atoms with E-state index in [2.05, 4.69) is 10.2 Å². The number of nitrogens with zero attached hydrogens (tertiary/aromatic N) is 4. The first-order chi connectivity index (χ1) is 8.51. The van der Waals surface area contributed by atoms with Crippen molar-refractivity contribution in [3.05, 3.63) is 0 Å². The number of carbonyl (C=O) groups is 2. The van der Waals surface area contributed by atoms with Crippen LogP contribution in [-0.2, 0) is 19.1 Å². The second-order valence-electron chi connectivity index (χ2n) is 3.34. The topological polar surface area (TPSA) is 83.8 Å². The molecule has 0 N–H and O–H groups in total. The van der Waals surface area contributed by atoms with Crippen LogP contribution in [0.15, 0.2) is 10.2 Å². The van der Waals surface area contributed by atoms with E-state index < -0.39 is 11.9 Å². The SMILES string of the molecule is CCOC(=O)C1=NN(C)C(C(=O)OCC)=NN1C.